The van der Waals surface area contributed by atoms with E-state index in [1.54, 1.807) is 7.05 Å². The Morgan fingerprint density at radius 1 is 1.11 bits per heavy atom. The van der Waals surface area contributed by atoms with E-state index in [1.807, 2.05) is 6.20 Å². The molecule has 5 nitrogen and oxygen atoms in total. The van der Waals surface area contributed by atoms with Gasteiger partial charge in [-0.2, -0.15) is 0 Å². The van der Waals surface area contributed by atoms with Crippen molar-refractivity contribution >= 4 is 11.8 Å². The van der Waals surface area contributed by atoms with Gasteiger partial charge in [0.05, 0.1) is 0 Å². The quantitative estimate of drug-likeness (QED) is 0.629. The van der Waals surface area contributed by atoms with Crippen molar-refractivity contribution in [2.75, 3.05) is 25.0 Å². The number of aromatic nitrogens is 1. The van der Waals surface area contributed by atoms with E-state index in [1.165, 1.54) is 24.0 Å². The summed E-state index contributed by atoms with van der Waals surface area (Å²) in [5.74, 6) is 2.73. The summed E-state index contributed by atoms with van der Waals surface area (Å²) in [6.07, 6.45) is 4.48. The van der Waals surface area contributed by atoms with Crippen LogP contribution in [0.4, 0.5) is 5.82 Å². The van der Waals surface area contributed by atoms with Crippen LogP contribution in [0.3, 0.4) is 0 Å². The molecule has 144 valence electrons. The van der Waals surface area contributed by atoms with Gasteiger partial charge in [-0.1, -0.05) is 37.3 Å². The van der Waals surface area contributed by atoms with E-state index in [0.717, 1.165) is 42.9 Å². The van der Waals surface area contributed by atoms with Crippen LogP contribution in [0.1, 0.15) is 36.5 Å². The number of anilines is 1. The highest BCUT2D eigenvalue weighted by Gasteiger charge is 2.16. The number of benzene rings is 1. The van der Waals surface area contributed by atoms with Crippen LogP contribution in [0.25, 0.3) is 0 Å². The molecule has 3 rings (SSSR count). The van der Waals surface area contributed by atoms with Gasteiger partial charge in [-0.15, -0.1) is 0 Å². The van der Waals surface area contributed by atoms with E-state index in [9.17, 15) is 0 Å². The molecule has 0 radical (unpaired) electrons. The van der Waals surface area contributed by atoms with Crippen LogP contribution in [0.15, 0.2) is 47.6 Å². The van der Waals surface area contributed by atoms with Gasteiger partial charge >= 0.3 is 0 Å². The maximum absolute atomic E-state index is 4.66. The second-order valence-corrected chi connectivity index (χ2v) is 7.40. The van der Waals surface area contributed by atoms with Crippen LogP contribution in [0.2, 0.25) is 0 Å². The SMILES string of the molecule is CN=C(NCc1ccc(N2CCC(C)CC2)nc1)NCc1ccccc1C. The third-order valence-corrected chi connectivity index (χ3v) is 5.31. The van der Waals surface area contributed by atoms with Gasteiger partial charge in [-0.3, -0.25) is 4.99 Å². The van der Waals surface area contributed by atoms with E-state index in [0.29, 0.717) is 6.54 Å². The summed E-state index contributed by atoms with van der Waals surface area (Å²) in [6.45, 7) is 8.15. The molecule has 0 amide bonds. The zero-order chi connectivity index (χ0) is 19.1. The first-order chi connectivity index (χ1) is 13.2. The van der Waals surface area contributed by atoms with Crippen molar-refractivity contribution in [1.29, 1.82) is 0 Å². The number of rotatable bonds is 5. The van der Waals surface area contributed by atoms with Gasteiger partial charge in [-0.25, -0.2) is 4.98 Å². The number of aryl methyl sites for hydroxylation is 1. The molecular formula is C22H31N5. The largest absolute Gasteiger partial charge is 0.357 e. The van der Waals surface area contributed by atoms with Crippen LogP contribution in [0, 0.1) is 12.8 Å². The maximum Gasteiger partial charge on any atom is 0.191 e. The molecule has 1 aliphatic rings. The highest BCUT2D eigenvalue weighted by atomic mass is 15.2. The average Bonchev–Trinajstić information content (AvgIpc) is 2.70. The van der Waals surface area contributed by atoms with E-state index >= 15 is 0 Å². The summed E-state index contributed by atoms with van der Waals surface area (Å²) in [7, 11) is 1.80. The van der Waals surface area contributed by atoms with Gasteiger partial charge in [-0.05, 0) is 48.4 Å². The molecule has 1 fully saturated rings. The predicted octanol–water partition coefficient (Wildman–Crippen LogP) is 3.49. The minimum absolute atomic E-state index is 0.706. The molecule has 1 aromatic carbocycles. The van der Waals surface area contributed by atoms with Crippen molar-refractivity contribution in [3.8, 4) is 0 Å². The Balaban J connectivity index is 1.49. The molecule has 27 heavy (non-hydrogen) atoms. The van der Waals surface area contributed by atoms with Crippen LogP contribution >= 0.6 is 0 Å². The molecule has 0 bridgehead atoms. The van der Waals surface area contributed by atoms with Crippen molar-refractivity contribution in [2.24, 2.45) is 10.9 Å². The van der Waals surface area contributed by atoms with Crippen molar-refractivity contribution in [3.63, 3.8) is 0 Å². The van der Waals surface area contributed by atoms with Crippen molar-refractivity contribution in [3.05, 3.63) is 59.3 Å². The van der Waals surface area contributed by atoms with Crippen molar-refractivity contribution in [2.45, 2.75) is 39.8 Å². The fourth-order valence-corrected chi connectivity index (χ4v) is 3.34. The van der Waals surface area contributed by atoms with E-state index in [-0.39, 0.29) is 0 Å². The third-order valence-electron chi connectivity index (χ3n) is 5.31. The summed E-state index contributed by atoms with van der Waals surface area (Å²) < 4.78 is 0. The maximum atomic E-state index is 4.66. The molecule has 0 unspecified atom stereocenters. The fourth-order valence-electron chi connectivity index (χ4n) is 3.34. The van der Waals surface area contributed by atoms with Gasteiger partial charge in [0.1, 0.15) is 5.82 Å². The fraction of sp³-hybridized carbons (Fsp3) is 0.455. The molecule has 0 aliphatic carbocycles. The van der Waals surface area contributed by atoms with Gasteiger partial charge < -0.3 is 15.5 Å². The zero-order valence-electron chi connectivity index (χ0n) is 16.7. The Kier molecular flexibility index (Phi) is 6.69. The van der Waals surface area contributed by atoms with E-state index < -0.39 is 0 Å². The number of nitrogens with one attached hydrogen (secondary N) is 2. The predicted molar refractivity (Wildman–Crippen MR) is 113 cm³/mol. The molecule has 1 saturated heterocycles. The van der Waals surface area contributed by atoms with E-state index in [4.69, 9.17) is 0 Å². The van der Waals surface area contributed by atoms with Crippen LogP contribution in [-0.4, -0.2) is 31.1 Å². The van der Waals surface area contributed by atoms with Crippen molar-refractivity contribution < 1.29 is 0 Å². The first kappa shape index (κ1) is 19.2. The second kappa shape index (κ2) is 9.40. The molecule has 0 atom stereocenters. The lowest BCUT2D eigenvalue weighted by Gasteiger charge is -2.31. The monoisotopic (exact) mass is 365 g/mol. The highest BCUT2D eigenvalue weighted by Crippen LogP contribution is 2.21. The minimum atomic E-state index is 0.706. The lowest BCUT2D eigenvalue weighted by atomic mass is 9.99. The molecule has 2 aromatic rings. The smallest absolute Gasteiger partial charge is 0.191 e. The number of aliphatic imine (C=N–C) groups is 1. The van der Waals surface area contributed by atoms with Gasteiger partial charge in [0, 0.05) is 39.4 Å². The molecule has 2 heterocycles. The van der Waals surface area contributed by atoms with Crippen LogP contribution in [0.5, 0.6) is 0 Å². The van der Waals surface area contributed by atoms with Gasteiger partial charge in [0.2, 0.25) is 0 Å². The Morgan fingerprint density at radius 2 is 1.85 bits per heavy atom. The van der Waals surface area contributed by atoms with Gasteiger partial charge in [0.25, 0.3) is 0 Å². The summed E-state index contributed by atoms with van der Waals surface area (Å²) >= 11 is 0. The number of hydrogen-bond acceptors (Lipinski definition) is 3. The number of piperidine rings is 1. The topological polar surface area (TPSA) is 52.6 Å². The molecule has 1 aliphatic heterocycles. The lowest BCUT2D eigenvalue weighted by molar-refractivity contribution is 0.436. The summed E-state index contributed by atoms with van der Waals surface area (Å²) in [6, 6.07) is 12.7. The molecule has 1 aromatic heterocycles. The van der Waals surface area contributed by atoms with E-state index in [2.05, 4.69) is 75.8 Å². The molecule has 0 spiro atoms. The molecular weight excluding hydrogens is 334 g/mol. The second-order valence-electron chi connectivity index (χ2n) is 7.40. The molecule has 5 heteroatoms. The average molecular weight is 366 g/mol. The summed E-state index contributed by atoms with van der Waals surface area (Å²) in [5, 5.41) is 6.74. The first-order valence-electron chi connectivity index (χ1n) is 9.84. The molecule has 0 saturated carbocycles. The number of nitrogens with zero attached hydrogens (tertiary/aromatic N) is 3. The highest BCUT2D eigenvalue weighted by molar-refractivity contribution is 5.79. The number of pyridine rings is 1. The summed E-state index contributed by atoms with van der Waals surface area (Å²) in [5.41, 5.74) is 3.72. The Bertz CT molecular complexity index is 746. The van der Waals surface area contributed by atoms with Crippen LogP contribution < -0.4 is 15.5 Å². The standard InChI is InChI=1S/C22H31N5/c1-17-10-12-27(13-11-17)21-9-8-19(14-24-21)15-25-22(23-3)26-16-20-7-5-4-6-18(20)2/h4-9,14,17H,10-13,15-16H2,1-3H3,(H2,23,25,26). The zero-order valence-corrected chi connectivity index (χ0v) is 16.7. The lowest BCUT2D eigenvalue weighted by Crippen LogP contribution is -2.36. The number of guanidine groups is 1. The Hall–Kier alpha value is -2.56. The van der Waals surface area contributed by atoms with Gasteiger partial charge in [0.15, 0.2) is 5.96 Å². The third kappa shape index (κ3) is 5.46. The minimum Gasteiger partial charge on any atom is -0.357 e. The normalized spacial score (nSPS) is 15.7. The summed E-state index contributed by atoms with van der Waals surface area (Å²) in [4.78, 5) is 11.4. The van der Waals surface area contributed by atoms with Crippen molar-refractivity contribution in [1.82, 2.24) is 15.6 Å². The number of hydrogen-bond donors (Lipinski definition) is 2. The Morgan fingerprint density at radius 3 is 2.52 bits per heavy atom. The molecule has 2 N–H and O–H groups in total. The first-order valence-corrected chi connectivity index (χ1v) is 9.84. The van der Waals surface area contributed by atoms with Crippen LogP contribution in [-0.2, 0) is 13.1 Å². The Labute approximate surface area is 162 Å².